The Hall–Kier alpha value is -1.61. The first-order valence-corrected chi connectivity index (χ1v) is 6.49. The van der Waals surface area contributed by atoms with Gasteiger partial charge in [-0.1, -0.05) is 6.07 Å². The Labute approximate surface area is 106 Å². The lowest BCUT2D eigenvalue weighted by Gasteiger charge is -2.21. The molecular formula is C15H17NO2. The number of hydrogen-bond donors (Lipinski definition) is 1. The van der Waals surface area contributed by atoms with E-state index in [4.69, 9.17) is 4.42 Å². The summed E-state index contributed by atoms with van der Waals surface area (Å²) in [6.45, 7) is 4.01. The largest absolute Gasteiger partial charge is 0.461 e. The van der Waals surface area contributed by atoms with Crippen LogP contribution in [0.5, 0.6) is 0 Å². The molecule has 0 unspecified atom stereocenters. The van der Waals surface area contributed by atoms with Crippen molar-refractivity contribution in [2.24, 2.45) is 0 Å². The summed E-state index contributed by atoms with van der Waals surface area (Å²) in [6, 6.07) is 7.42. The molecule has 0 amide bonds. The van der Waals surface area contributed by atoms with Crippen LogP contribution < -0.4 is 10.7 Å². The van der Waals surface area contributed by atoms with Crippen LogP contribution in [0.15, 0.2) is 33.5 Å². The van der Waals surface area contributed by atoms with Crippen LogP contribution in [-0.2, 0) is 0 Å². The second-order valence-corrected chi connectivity index (χ2v) is 5.04. The summed E-state index contributed by atoms with van der Waals surface area (Å²) in [7, 11) is 0. The van der Waals surface area contributed by atoms with Gasteiger partial charge in [0.2, 0.25) is 0 Å². The summed E-state index contributed by atoms with van der Waals surface area (Å²) in [6.07, 6.45) is 2.08. The van der Waals surface area contributed by atoms with E-state index in [9.17, 15) is 4.79 Å². The molecule has 1 aromatic carbocycles. The Kier molecular flexibility index (Phi) is 2.92. The summed E-state index contributed by atoms with van der Waals surface area (Å²) in [5, 5.41) is 4.00. The molecule has 1 aliphatic rings. The Balaban J connectivity index is 2.10. The van der Waals surface area contributed by atoms with E-state index in [0.717, 1.165) is 42.8 Å². The lowest BCUT2D eigenvalue weighted by Crippen LogP contribution is -2.27. The molecular weight excluding hydrogens is 226 g/mol. The van der Waals surface area contributed by atoms with Gasteiger partial charge >= 0.3 is 0 Å². The second-order valence-electron chi connectivity index (χ2n) is 5.04. The topological polar surface area (TPSA) is 42.2 Å². The molecule has 1 aliphatic heterocycles. The van der Waals surface area contributed by atoms with Gasteiger partial charge in [-0.15, -0.1) is 0 Å². The van der Waals surface area contributed by atoms with E-state index in [1.165, 1.54) is 0 Å². The predicted octanol–water partition coefficient (Wildman–Crippen LogP) is 2.57. The Morgan fingerprint density at radius 2 is 2.00 bits per heavy atom. The maximum Gasteiger partial charge on any atom is 0.192 e. The highest BCUT2D eigenvalue weighted by Crippen LogP contribution is 2.26. The van der Waals surface area contributed by atoms with Gasteiger partial charge in [0.25, 0.3) is 0 Å². The summed E-state index contributed by atoms with van der Waals surface area (Å²) in [5.74, 6) is 1.23. The first kappa shape index (κ1) is 11.5. The van der Waals surface area contributed by atoms with E-state index >= 15 is 0 Å². The molecule has 1 aromatic heterocycles. The van der Waals surface area contributed by atoms with Crippen LogP contribution in [0.1, 0.15) is 30.1 Å². The van der Waals surface area contributed by atoms with Gasteiger partial charge in [0.15, 0.2) is 5.43 Å². The molecule has 1 N–H and O–H groups in total. The van der Waals surface area contributed by atoms with Crippen molar-refractivity contribution in [1.82, 2.24) is 5.32 Å². The molecule has 18 heavy (non-hydrogen) atoms. The number of rotatable bonds is 1. The van der Waals surface area contributed by atoms with E-state index in [2.05, 4.69) is 5.32 Å². The first-order chi connectivity index (χ1) is 8.74. The smallest absolute Gasteiger partial charge is 0.192 e. The highest BCUT2D eigenvalue weighted by Gasteiger charge is 2.18. The number of aryl methyl sites for hydroxylation is 1. The molecule has 2 heterocycles. The third-order valence-electron chi connectivity index (χ3n) is 3.65. The molecule has 1 fully saturated rings. The van der Waals surface area contributed by atoms with Crippen molar-refractivity contribution in [2.45, 2.75) is 25.7 Å². The van der Waals surface area contributed by atoms with Gasteiger partial charge in [0.05, 0.1) is 5.39 Å². The lowest BCUT2D eigenvalue weighted by atomic mass is 9.95. The van der Waals surface area contributed by atoms with Crippen LogP contribution in [0.4, 0.5) is 0 Å². The number of nitrogens with one attached hydrogen (secondary N) is 1. The average molecular weight is 243 g/mol. The third-order valence-corrected chi connectivity index (χ3v) is 3.65. The zero-order valence-electron chi connectivity index (χ0n) is 10.5. The van der Waals surface area contributed by atoms with Gasteiger partial charge in [-0.3, -0.25) is 4.79 Å². The summed E-state index contributed by atoms with van der Waals surface area (Å²) in [5.41, 5.74) is 1.91. The maximum absolute atomic E-state index is 12.1. The van der Waals surface area contributed by atoms with Crippen LogP contribution >= 0.6 is 0 Å². The third kappa shape index (κ3) is 2.06. The minimum Gasteiger partial charge on any atom is -0.461 e. The van der Waals surface area contributed by atoms with Crippen LogP contribution in [0.2, 0.25) is 0 Å². The molecule has 0 spiro atoms. The Morgan fingerprint density at radius 3 is 2.78 bits per heavy atom. The molecule has 2 aromatic rings. The fourth-order valence-electron chi connectivity index (χ4n) is 2.59. The van der Waals surface area contributed by atoms with Crippen molar-refractivity contribution in [2.75, 3.05) is 13.1 Å². The highest BCUT2D eigenvalue weighted by molar-refractivity contribution is 5.77. The van der Waals surface area contributed by atoms with E-state index in [-0.39, 0.29) is 5.43 Å². The van der Waals surface area contributed by atoms with Crippen LogP contribution in [0.25, 0.3) is 11.0 Å². The maximum atomic E-state index is 12.1. The standard InChI is InChI=1S/C15H17NO2/c1-10-2-3-12-13(17)9-14(18-15(12)8-10)11-4-6-16-7-5-11/h2-3,8-9,11,16H,4-7H2,1H3. The van der Waals surface area contributed by atoms with Gasteiger partial charge in [0.1, 0.15) is 11.3 Å². The van der Waals surface area contributed by atoms with Gasteiger partial charge in [-0.2, -0.15) is 0 Å². The van der Waals surface area contributed by atoms with Gasteiger partial charge < -0.3 is 9.73 Å². The minimum absolute atomic E-state index is 0.0739. The van der Waals surface area contributed by atoms with Crippen molar-refractivity contribution in [1.29, 1.82) is 0 Å². The fraction of sp³-hybridized carbons (Fsp3) is 0.400. The van der Waals surface area contributed by atoms with Gasteiger partial charge in [0, 0.05) is 12.0 Å². The molecule has 0 aliphatic carbocycles. The number of piperidine rings is 1. The van der Waals surface area contributed by atoms with Crippen molar-refractivity contribution in [3.8, 4) is 0 Å². The van der Waals surface area contributed by atoms with Gasteiger partial charge in [-0.25, -0.2) is 0 Å². The molecule has 94 valence electrons. The van der Waals surface area contributed by atoms with Crippen LogP contribution in [0.3, 0.4) is 0 Å². The summed E-state index contributed by atoms with van der Waals surface area (Å²) in [4.78, 5) is 12.1. The van der Waals surface area contributed by atoms with E-state index in [1.807, 2.05) is 25.1 Å². The molecule has 0 bridgehead atoms. The molecule has 1 saturated heterocycles. The Bertz CT molecular complexity index is 624. The highest BCUT2D eigenvalue weighted by atomic mass is 16.3. The normalized spacial score (nSPS) is 17.2. The van der Waals surface area contributed by atoms with E-state index < -0.39 is 0 Å². The van der Waals surface area contributed by atoms with Crippen LogP contribution in [-0.4, -0.2) is 13.1 Å². The Morgan fingerprint density at radius 1 is 1.22 bits per heavy atom. The van der Waals surface area contributed by atoms with Crippen molar-refractivity contribution in [3.05, 3.63) is 45.8 Å². The number of fused-ring (bicyclic) bond motifs is 1. The molecule has 0 atom stereocenters. The van der Waals surface area contributed by atoms with Crippen LogP contribution in [0, 0.1) is 6.92 Å². The molecule has 3 rings (SSSR count). The molecule has 0 radical (unpaired) electrons. The quantitative estimate of drug-likeness (QED) is 0.837. The minimum atomic E-state index is 0.0739. The molecule has 3 heteroatoms. The zero-order chi connectivity index (χ0) is 12.5. The van der Waals surface area contributed by atoms with Crippen molar-refractivity contribution < 1.29 is 4.42 Å². The second kappa shape index (κ2) is 4.58. The monoisotopic (exact) mass is 243 g/mol. The van der Waals surface area contributed by atoms with E-state index in [0.29, 0.717) is 11.3 Å². The van der Waals surface area contributed by atoms with Gasteiger partial charge in [-0.05, 0) is 50.6 Å². The summed E-state index contributed by atoms with van der Waals surface area (Å²) < 4.78 is 5.94. The van der Waals surface area contributed by atoms with E-state index in [1.54, 1.807) is 6.07 Å². The van der Waals surface area contributed by atoms with Crippen molar-refractivity contribution >= 4 is 11.0 Å². The number of benzene rings is 1. The predicted molar refractivity (Wildman–Crippen MR) is 72.1 cm³/mol. The zero-order valence-corrected chi connectivity index (χ0v) is 10.5. The lowest BCUT2D eigenvalue weighted by molar-refractivity contribution is 0.392. The summed E-state index contributed by atoms with van der Waals surface area (Å²) >= 11 is 0. The SMILES string of the molecule is Cc1ccc2c(=O)cc(C3CCNCC3)oc2c1. The van der Waals surface area contributed by atoms with Crippen molar-refractivity contribution in [3.63, 3.8) is 0 Å². The average Bonchev–Trinajstić information content (AvgIpc) is 2.39. The molecule has 0 saturated carbocycles. The number of hydrogen-bond acceptors (Lipinski definition) is 3. The first-order valence-electron chi connectivity index (χ1n) is 6.49. The molecule has 3 nitrogen and oxygen atoms in total. The fourth-order valence-corrected chi connectivity index (χ4v) is 2.59.